The minimum absolute atomic E-state index is 0.0111. The third kappa shape index (κ3) is 6.78. The van der Waals surface area contributed by atoms with E-state index >= 15 is 0 Å². The molecular formula is C22H16BrF3N6O5. The number of hydrogen-bond acceptors (Lipinski definition) is 8. The molecule has 5 N–H and O–H groups in total. The van der Waals surface area contributed by atoms with Crippen LogP contribution in [-0.2, 0) is 6.18 Å². The van der Waals surface area contributed by atoms with Crippen LogP contribution in [0.1, 0.15) is 11.3 Å². The lowest BCUT2D eigenvalue weighted by Crippen LogP contribution is -2.20. The summed E-state index contributed by atoms with van der Waals surface area (Å²) in [5, 5.41) is 30.0. The smallest absolute Gasteiger partial charge is 0.420 e. The summed E-state index contributed by atoms with van der Waals surface area (Å²) in [7, 11) is 0. The molecule has 0 unspecified atom stereocenters. The van der Waals surface area contributed by atoms with Gasteiger partial charge >= 0.3 is 18.2 Å². The molecule has 0 atom stereocenters. The predicted molar refractivity (Wildman–Crippen MR) is 127 cm³/mol. The van der Waals surface area contributed by atoms with E-state index in [-0.39, 0.29) is 34.6 Å². The molecule has 0 spiro atoms. The summed E-state index contributed by atoms with van der Waals surface area (Å²) >= 11 is 3.18. The van der Waals surface area contributed by atoms with Gasteiger partial charge < -0.3 is 30.3 Å². The van der Waals surface area contributed by atoms with Gasteiger partial charge in [0.2, 0.25) is 11.8 Å². The lowest BCUT2D eigenvalue weighted by molar-refractivity contribution is -0.138. The van der Waals surface area contributed by atoms with Crippen LogP contribution in [-0.4, -0.2) is 36.4 Å². The number of phenolic OH excluding ortho intramolecular Hbond substituents is 2. The highest BCUT2D eigenvalue weighted by molar-refractivity contribution is 9.10. The maximum absolute atomic E-state index is 13.8. The summed E-state index contributed by atoms with van der Waals surface area (Å²) in [6, 6.07) is 7.81. The summed E-state index contributed by atoms with van der Waals surface area (Å²) in [4.78, 5) is 20.2. The van der Waals surface area contributed by atoms with Gasteiger partial charge in [-0.25, -0.2) is 4.79 Å². The Kier molecular flexibility index (Phi) is 7.06. The standard InChI is InChI=1S/C22H16BrF3N6O5/c1-10-4-18(37-19-9-17(23)31-32-19)30-21(27-10)36-16-3-2-11(7-15(16)22(24,25)26)28-20(35)29-12-5-13(33)8-14(34)6-12/h2-9,33-34H,1H3,(H,31,32)(H2,28,29,35). The Labute approximate surface area is 214 Å². The summed E-state index contributed by atoms with van der Waals surface area (Å²) in [5.74, 6) is -1.11. The number of rotatable bonds is 6. The molecule has 0 bridgehead atoms. The number of aromatic nitrogens is 4. The normalized spacial score (nSPS) is 11.2. The molecule has 0 saturated carbocycles. The van der Waals surface area contributed by atoms with Crippen molar-refractivity contribution in [3.8, 4) is 35.0 Å². The number of alkyl halides is 3. The molecule has 37 heavy (non-hydrogen) atoms. The highest BCUT2D eigenvalue weighted by Crippen LogP contribution is 2.39. The van der Waals surface area contributed by atoms with Crippen LogP contribution in [0.4, 0.5) is 29.3 Å². The maximum atomic E-state index is 13.8. The monoisotopic (exact) mass is 580 g/mol. The first-order chi connectivity index (χ1) is 17.4. The van der Waals surface area contributed by atoms with Crippen LogP contribution < -0.4 is 20.1 Å². The van der Waals surface area contributed by atoms with Crippen molar-refractivity contribution in [2.45, 2.75) is 13.1 Å². The van der Waals surface area contributed by atoms with E-state index in [0.29, 0.717) is 16.4 Å². The van der Waals surface area contributed by atoms with Crippen LogP contribution in [0.25, 0.3) is 0 Å². The Balaban J connectivity index is 1.54. The molecular weight excluding hydrogens is 565 g/mol. The van der Waals surface area contributed by atoms with Gasteiger partial charge in [-0.05, 0) is 41.1 Å². The minimum Gasteiger partial charge on any atom is -0.508 e. The van der Waals surface area contributed by atoms with E-state index in [1.165, 1.54) is 18.2 Å². The van der Waals surface area contributed by atoms with Crippen LogP contribution in [0.5, 0.6) is 35.0 Å². The molecule has 2 aromatic carbocycles. The number of urea groups is 1. The zero-order valence-corrected chi connectivity index (χ0v) is 20.2. The van der Waals surface area contributed by atoms with Gasteiger partial charge in [0.25, 0.3) is 0 Å². The third-order valence-corrected chi connectivity index (χ3v) is 4.85. The number of amides is 2. The fourth-order valence-electron chi connectivity index (χ4n) is 3.03. The van der Waals surface area contributed by atoms with Gasteiger partial charge in [-0.15, -0.1) is 5.10 Å². The lowest BCUT2D eigenvalue weighted by atomic mass is 10.1. The van der Waals surface area contributed by atoms with E-state index in [9.17, 15) is 28.2 Å². The van der Waals surface area contributed by atoms with Crippen LogP contribution in [0.15, 0.2) is 53.1 Å². The van der Waals surface area contributed by atoms with Crippen LogP contribution in [0.2, 0.25) is 0 Å². The first-order valence-electron chi connectivity index (χ1n) is 10.2. The van der Waals surface area contributed by atoms with Crippen LogP contribution in [0, 0.1) is 6.92 Å². The van der Waals surface area contributed by atoms with Crippen LogP contribution in [0.3, 0.4) is 0 Å². The van der Waals surface area contributed by atoms with Gasteiger partial charge in [0, 0.05) is 47.4 Å². The van der Waals surface area contributed by atoms with Crippen molar-refractivity contribution in [3.05, 3.63) is 64.4 Å². The second kappa shape index (κ2) is 10.2. The summed E-state index contributed by atoms with van der Waals surface area (Å²) in [6.07, 6.45) is -4.86. The third-order valence-electron chi connectivity index (χ3n) is 4.45. The van der Waals surface area contributed by atoms with E-state index in [1.807, 2.05) is 0 Å². The van der Waals surface area contributed by atoms with Gasteiger partial charge in [0.1, 0.15) is 27.4 Å². The first-order valence-corrected chi connectivity index (χ1v) is 11.0. The molecule has 15 heteroatoms. The molecule has 0 aliphatic carbocycles. The second-order valence-corrected chi connectivity index (χ2v) is 8.27. The zero-order valence-electron chi connectivity index (χ0n) is 18.6. The zero-order chi connectivity index (χ0) is 26.7. The molecule has 192 valence electrons. The van der Waals surface area contributed by atoms with Crippen molar-refractivity contribution < 1.29 is 37.7 Å². The SMILES string of the molecule is Cc1cc(Oc2cc(Br)[nH]n2)nc(Oc2ccc(NC(=O)Nc3cc(O)cc(O)c3)cc2C(F)(F)F)n1. The Morgan fingerprint density at radius 2 is 1.65 bits per heavy atom. The number of carbonyl (C=O) groups is 1. The average molecular weight is 581 g/mol. The van der Waals surface area contributed by atoms with Gasteiger partial charge in [0.05, 0.1) is 0 Å². The predicted octanol–water partition coefficient (Wildman–Crippen LogP) is 5.93. The van der Waals surface area contributed by atoms with Crippen molar-refractivity contribution in [1.29, 1.82) is 0 Å². The molecule has 0 fully saturated rings. The molecule has 4 aromatic rings. The number of aromatic hydroxyl groups is 2. The van der Waals surface area contributed by atoms with Crippen LogP contribution >= 0.6 is 15.9 Å². The number of nitrogens with one attached hydrogen (secondary N) is 3. The number of aromatic amines is 1. The van der Waals surface area contributed by atoms with Crippen molar-refractivity contribution in [2.24, 2.45) is 0 Å². The number of nitrogens with zero attached hydrogens (tertiary/aromatic N) is 3. The quantitative estimate of drug-likeness (QED) is 0.188. The fourth-order valence-corrected chi connectivity index (χ4v) is 3.31. The van der Waals surface area contributed by atoms with E-state index in [0.717, 1.165) is 24.3 Å². The summed E-state index contributed by atoms with van der Waals surface area (Å²) < 4.78 is 52.8. The number of ether oxygens (including phenoxy) is 2. The molecule has 0 radical (unpaired) electrons. The number of carbonyl (C=O) groups excluding carboxylic acids is 1. The second-order valence-electron chi connectivity index (χ2n) is 7.41. The number of H-pyrrole nitrogens is 1. The highest BCUT2D eigenvalue weighted by atomic mass is 79.9. The molecule has 11 nitrogen and oxygen atoms in total. The van der Waals surface area contributed by atoms with Crippen molar-refractivity contribution in [2.75, 3.05) is 10.6 Å². The van der Waals surface area contributed by atoms with Gasteiger partial charge in [-0.1, -0.05) is 0 Å². The number of benzene rings is 2. The number of anilines is 2. The van der Waals surface area contributed by atoms with Gasteiger partial charge in [-0.3, -0.25) is 5.10 Å². The lowest BCUT2D eigenvalue weighted by Gasteiger charge is -2.15. The number of halogens is 4. The largest absolute Gasteiger partial charge is 0.508 e. The van der Waals surface area contributed by atoms with Crippen molar-refractivity contribution in [1.82, 2.24) is 20.2 Å². The highest BCUT2D eigenvalue weighted by Gasteiger charge is 2.35. The Morgan fingerprint density at radius 3 is 2.30 bits per heavy atom. The average Bonchev–Trinajstić information content (AvgIpc) is 3.17. The molecule has 0 aliphatic rings. The molecule has 4 rings (SSSR count). The Morgan fingerprint density at radius 1 is 0.946 bits per heavy atom. The van der Waals surface area contributed by atoms with Gasteiger partial charge in [0.15, 0.2) is 0 Å². The van der Waals surface area contributed by atoms with Crippen molar-refractivity contribution in [3.63, 3.8) is 0 Å². The van der Waals surface area contributed by atoms with E-state index < -0.39 is 29.5 Å². The molecule has 2 amide bonds. The summed E-state index contributed by atoms with van der Waals surface area (Å²) in [5.41, 5.74) is -1.04. The molecule has 0 aliphatic heterocycles. The molecule has 2 heterocycles. The topological polar surface area (TPSA) is 155 Å². The minimum atomic E-state index is -4.86. The Hall–Kier alpha value is -4.53. The van der Waals surface area contributed by atoms with E-state index in [4.69, 9.17) is 9.47 Å². The van der Waals surface area contributed by atoms with E-state index in [2.05, 4.69) is 46.7 Å². The fraction of sp³-hybridized carbons (Fsp3) is 0.0909. The number of phenols is 2. The molecule has 2 aromatic heterocycles. The maximum Gasteiger partial charge on any atom is 0.420 e. The molecule has 0 saturated heterocycles. The number of aryl methyl sites for hydroxylation is 1. The van der Waals surface area contributed by atoms with Gasteiger partial charge in [-0.2, -0.15) is 23.1 Å². The number of hydrogen-bond donors (Lipinski definition) is 5. The first kappa shape index (κ1) is 25.6. The van der Waals surface area contributed by atoms with E-state index in [1.54, 1.807) is 6.92 Å². The van der Waals surface area contributed by atoms with Crippen molar-refractivity contribution >= 4 is 33.3 Å². The Bertz CT molecular complexity index is 1440. The summed E-state index contributed by atoms with van der Waals surface area (Å²) in [6.45, 7) is 1.57.